The maximum atomic E-state index is 5.90. The van der Waals surface area contributed by atoms with Gasteiger partial charge in [-0.25, -0.2) is 0 Å². The van der Waals surface area contributed by atoms with E-state index in [9.17, 15) is 0 Å². The van der Waals surface area contributed by atoms with Crippen molar-refractivity contribution in [3.63, 3.8) is 0 Å². The van der Waals surface area contributed by atoms with Crippen LogP contribution >= 0.6 is 0 Å². The summed E-state index contributed by atoms with van der Waals surface area (Å²) in [4.78, 5) is 4.65. The number of aryl methyl sites for hydroxylation is 1. The van der Waals surface area contributed by atoms with Crippen molar-refractivity contribution in [2.75, 3.05) is 46.6 Å². The minimum atomic E-state index is 0.360. The molecule has 1 fully saturated rings. The summed E-state index contributed by atoms with van der Waals surface area (Å²) in [5, 5.41) is 6.71. The molecule has 0 unspecified atom stereocenters. The molecule has 6 nitrogen and oxygen atoms in total. The zero-order valence-electron chi connectivity index (χ0n) is 17.1. The van der Waals surface area contributed by atoms with E-state index < -0.39 is 0 Å². The Morgan fingerprint density at radius 3 is 2.81 bits per heavy atom. The van der Waals surface area contributed by atoms with Crippen molar-refractivity contribution in [2.45, 2.75) is 45.6 Å². The summed E-state index contributed by atoms with van der Waals surface area (Å²) < 4.78 is 16.7. The van der Waals surface area contributed by atoms with Crippen LogP contribution in [0.2, 0.25) is 0 Å². The van der Waals surface area contributed by atoms with Crippen molar-refractivity contribution in [3.05, 3.63) is 29.3 Å². The summed E-state index contributed by atoms with van der Waals surface area (Å²) in [6, 6.07) is 6.28. The molecule has 1 aromatic carbocycles. The molecule has 27 heavy (non-hydrogen) atoms. The van der Waals surface area contributed by atoms with Crippen LogP contribution in [0.15, 0.2) is 23.2 Å². The summed E-state index contributed by atoms with van der Waals surface area (Å²) in [5.41, 5.74) is 2.46. The first kappa shape index (κ1) is 21.5. The number of nitrogens with zero attached hydrogens (tertiary/aromatic N) is 1. The van der Waals surface area contributed by atoms with Gasteiger partial charge in [-0.2, -0.15) is 0 Å². The van der Waals surface area contributed by atoms with Crippen LogP contribution in [0.1, 0.15) is 37.3 Å². The van der Waals surface area contributed by atoms with E-state index in [0.717, 1.165) is 76.8 Å². The van der Waals surface area contributed by atoms with Gasteiger partial charge < -0.3 is 24.8 Å². The van der Waals surface area contributed by atoms with Crippen molar-refractivity contribution in [3.8, 4) is 5.75 Å². The molecule has 0 atom stereocenters. The van der Waals surface area contributed by atoms with Gasteiger partial charge in [0, 0.05) is 39.5 Å². The number of ether oxygens (including phenoxy) is 3. The molecule has 0 aliphatic carbocycles. The minimum absolute atomic E-state index is 0.360. The van der Waals surface area contributed by atoms with Gasteiger partial charge in [0.05, 0.1) is 13.2 Å². The van der Waals surface area contributed by atoms with Gasteiger partial charge in [0.15, 0.2) is 5.96 Å². The second-order valence-electron chi connectivity index (χ2n) is 6.79. The van der Waals surface area contributed by atoms with Crippen LogP contribution in [0.25, 0.3) is 0 Å². The fourth-order valence-corrected chi connectivity index (χ4v) is 3.11. The van der Waals surface area contributed by atoms with Crippen LogP contribution in [-0.2, 0) is 15.9 Å². The fourth-order valence-electron chi connectivity index (χ4n) is 3.11. The Balaban J connectivity index is 1.70. The van der Waals surface area contributed by atoms with Crippen molar-refractivity contribution >= 4 is 5.96 Å². The molecule has 0 saturated carbocycles. The Hall–Kier alpha value is -1.79. The van der Waals surface area contributed by atoms with Crippen LogP contribution in [-0.4, -0.2) is 58.6 Å². The molecule has 0 spiro atoms. The molecular weight excluding hydrogens is 342 g/mol. The van der Waals surface area contributed by atoms with E-state index in [4.69, 9.17) is 14.2 Å². The number of aliphatic imine (C=N–C) groups is 1. The van der Waals surface area contributed by atoms with Crippen LogP contribution in [0.4, 0.5) is 0 Å². The van der Waals surface area contributed by atoms with Gasteiger partial charge in [0.1, 0.15) is 5.75 Å². The van der Waals surface area contributed by atoms with E-state index in [1.54, 1.807) is 7.11 Å². The van der Waals surface area contributed by atoms with E-state index >= 15 is 0 Å². The Labute approximate surface area is 163 Å². The van der Waals surface area contributed by atoms with Gasteiger partial charge in [0.25, 0.3) is 0 Å². The van der Waals surface area contributed by atoms with Gasteiger partial charge in [-0.1, -0.05) is 17.7 Å². The molecule has 0 bridgehead atoms. The second-order valence-corrected chi connectivity index (χ2v) is 6.79. The predicted octanol–water partition coefficient (Wildman–Crippen LogP) is 2.69. The van der Waals surface area contributed by atoms with E-state index in [1.807, 2.05) is 6.07 Å². The number of hydrogen-bond donors (Lipinski definition) is 2. The molecule has 0 amide bonds. The molecule has 6 heteroatoms. The smallest absolute Gasteiger partial charge is 0.191 e. The molecule has 1 aliphatic heterocycles. The molecule has 0 aromatic heterocycles. The third kappa shape index (κ3) is 8.18. The van der Waals surface area contributed by atoms with Crippen LogP contribution in [0, 0.1) is 6.92 Å². The Morgan fingerprint density at radius 2 is 2.07 bits per heavy atom. The van der Waals surface area contributed by atoms with E-state index in [1.165, 1.54) is 11.1 Å². The maximum Gasteiger partial charge on any atom is 0.191 e. The van der Waals surface area contributed by atoms with Crippen molar-refractivity contribution in [2.24, 2.45) is 4.99 Å². The van der Waals surface area contributed by atoms with Gasteiger partial charge in [-0.15, -0.1) is 0 Å². The van der Waals surface area contributed by atoms with Crippen LogP contribution in [0.5, 0.6) is 5.75 Å². The van der Waals surface area contributed by atoms with Gasteiger partial charge >= 0.3 is 0 Å². The molecule has 1 heterocycles. The molecule has 1 aromatic rings. The molecule has 0 radical (unpaired) electrons. The first-order valence-electron chi connectivity index (χ1n) is 10.1. The quantitative estimate of drug-likeness (QED) is 0.373. The highest BCUT2D eigenvalue weighted by atomic mass is 16.5. The number of guanidine groups is 1. The van der Waals surface area contributed by atoms with E-state index in [0.29, 0.717) is 6.10 Å². The highest BCUT2D eigenvalue weighted by molar-refractivity contribution is 5.79. The van der Waals surface area contributed by atoms with Gasteiger partial charge in [-0.3, -0.25) is 4.99 Å². The first-order chi connectivity index (χ1) is 13.2. The van der Waals surface area contributed by atoms with Crippen molar-refractivity contribution in [1.29, 1.82) is 0 Å². The molecule has 2 N–H and O–H groups in total. The normalized spacial score (nSPS) is 15.6. The highest BCUT2D eigenvalue weighted by Gasteiger charge is 2.13. The standard InChI is InChI=1S/C21H35N3O3/c1-4-22-21(23-11-5-13-27-19-9-14-26-15-10-19)24-12-8-18-16-17(2)6-7-20(18)25-3/h6-7,16,19H,4-5,8-15H2,1-3H3,(H2,22,23,24). The highest BCUT2D eigenvalue weighted by Crippen LogP contribution is 2.19. The summed E-state index contributed by atoms with van der Waals surface area (Å²) in [6.45, 7) is 8.99. The predicted molar refractivity (Wildman–Crippen MR) is 110 cm³/mol. The zero-order valence-corrected chi connectivity index (χ0v) is 17.1. The van der Waals surface area contributed by atoms with Crippen LogP contribution < -0.4 is 15.4 Å². The first-order valence-corrected chi connectivity index (χ1v) is 10.1. The molecular formula is C21H35N3O3. The van der Waals surface area contributed by atoms with Crippen LogP contribution in [0.3, 0.4) is 0 Å². The number of nitrogens with one attached hydrogen (secondary N) is 2. The third-order valence-corrected chi connectivity index (χ3v) is 4.56. The second kappa shape index (κ2) is 12.6. The molecule has 152 valence electrons. The number of hydrogen-bond acceptors (Lipinski definition) is 4. The average molecular weight is 378 g/mol. The fraction of sp³-hybridized carbons (Fsp3) is 0.667. The third-order valence-electron chi connectivity index (χ3n) is 4.56. The van der Waals surface area contributed by atoms with Gasteiger partial charge in [-0.05, 0) is 51.2 Å². The summed E-state index contributed by atoms with van der Waals surface area (Å²) in [7, 11) is 1.72. The average Bonchev–Trinajstić information content (AvgIpc) is 2.68. The van der Waals surface area contributed by atoms with Crippen molar-refractivity contribution in [1.82, 2.24) is 10.6 Å². The van der Waals surface area contributed by atoms with Crippen molar-refractivity contribution < 1.29 is 14.2 Å². The lowest BCUT2D eigenvalue weighted by atomic mass is 10.1. The monoisotopic (exact) mass is 377 g/mol. The Kier molecular flexibility index (Phi) is 10.0. The van der Waals surface area contributed by atoms with E-state index in [2.05, 4.69) is 41.6 Å². The zero-order chi connectivity index (χ0) is 19.3. The molecule has 2 rings (SSSR count). The summed E-state index contributed by atoms with van der Waals surface area (Å²) in [6.07, 6.45) is 4.20. The summed E-state index contributed by atoms with van der Waals surface area (Å²) >= 11 is 0. The number of rotatable bonds is 10. The number of benzene rings is 1. The Morgan fingerprint density at radius 1 is 1.26 bits per heavy atom. The molecule has 1 aliphatic rings. The van der Waals surface area contributed by atoms with Gasteiger partial charge in [0.2, 0.25) is 0 Å². The molecule has 1 saturated heterocycles. The largest absolute Gasteiger partial charge is 0.496 e. The summed E-state index contributed by atoms with van der Waals surface area (Å²) in [5.74, 6) is 1.80. The Bertz CT molecular complexity index is 572. The lowest BCUT2D eigenvalue weighted by Crippen LogP contribution is -2.38. The lowest BCUT2D eigenvalue weighted by Gasteiger charge is -2.22. The van der Waals surface area contributed by atoms with E-state index in [-0.39, 0.29) is 0 Å². The topological polar surface area (TPSA) is 64.1 Å². The lowest BCUT2D eigenvalue weighted by molar-refractivity contribution is -0.0318. The SMILES string of the molecule is CCNC(=NCCCOC1CCOCC1)NCCc1cc(C)ccc1OC. The minimum Gasteiger partial charge on any atom is -0.496 e. The number of methoxy groups -OCH3 is 1. The maximum absolute atomic E-state index is 5.90.